The summed E-state index contributed by atoms with van der Waals surface area (Å²) in [4.78, 5) is 2.49. The predicted molar refractivity (Wildman–Crippen MR) is 69.3 cm³/mol. The van der Waals surface area contributed by atoms with Crippen LogP contribution < -0.4 is 5.32 Å². The minimum Gasteiger partial charge on any atom is -0.312 e. The highest BCUT2D eigenvalue weighted by Crippen LogP contribution is 2.18. The number of hydrogen-bond acceptors (Lipinski definition) is 2. The molecule has 1 N–H and O–H groups in total. The lowest BCUT2D eigenvalue weighted by atomic mass is 9.88. The van der Waals surface area contributed by atoms with E-state index in [9.17, 15) is 0 Å². The fraction of sp³-hybridized carbons (Fsp3) is 1.00. The van der Waals surface area contributed by atoms with Crippen LogP contribution >= 0.6 is 0 Å². The predicted octanol–water partition coefficient (Wildman–Crippen LogP) is 2.74. The summed E-state index contributed by atoms with van der Waals surface area (Å²) in [6, 6.07) is 1.19. The highest BCUT2D eigenvalue weighted by atomic mass is 15.2. The molecule has 0 spiro atoms. The first-order chi connectivity index (χ1) is 6.82. The Morgan fingerprint density at radius 1 is 1.07 bits per heavy atom. The largest absolute Gasteiger partial charge is 0.312 e. The van der Waals surface area contributed by atoms with Crippen LogP contribution in [0.5, 0.6) is 0 Å². The van der Waals surface area contributed by atoms with Crippen LogP contribution in [0.15, 0.2) is 0 Å². The van der Waals surface area contributed by atoms with E-state index in [-0.39, 0.29) is 0 Å². The highest BCUT2D eigenvalue weighted by Gasteiger charge is 2.20. The zero-order valence-electron chi connectivity index (χ0n) is 11.7. The molecule has 0 amide bonds. The second-order valence-electron chi connectivity index (χ2n) is 5.57. The molecule has 2 unspecified atom stereocenters. The molecule has 0 aromatic carbocycles. The first-order valence-corrected chi connectivity index (χ1v) is 6.30. The van der Waals surface area contributed by atoms with Crippen LogP contribution in [0.3, 0.4) is 0 Å². The van der Waals surface area contributed by atoms with Crippen LogP contribution in [0.1, 0.15) is 48.5 Å². The second kappa shape index (κ2) is 6.49. The van der Waals surface area contributed by atoms with Gasteiger partial charge in [-0.2, -0.15) is 0 Å². The van der Waals surface area contributed by atoms with E-state index >= 15 is 0 Å². The summed E-state index contributed by atoms with van der Waals surface area (Å²) in [5, 5.41) is 3.63. The smallest absolute Gasteiger partial charge is 0.0192 e. The lowest BCUT2D eigenvalue weighted by Crippen LogP contribution is -2.46. The van der Waals surface area contributed by atoms with Gasteiger partial charge in [0.1, 0.15) is 0 Å². The van der Waals surface area contributed by atoms with E-state index in [1.165, 1.54) is 0 Å². The van der Waals surface area contributed by atoms with E-state index in [0.29, 0.717) is 17.5 Å². The third-order valence-electron chi connectivity index (χ3n) is 3.45. The van der Waals surface area contributed by atoms with Crippen molar-refractivity contribution in [1.82, 2.24) is 10.2 Å². The highest BCUT2D eigenvalue weighted by molar-refractivity contribution is 4.78. The summed E-state index contributed by atoms with van der Waals surface area (Å²) >= 11 is 0. The fourth-order valence-corrected chi connectivity index (χ4v) is 1.63. The van der Waals surface area contributed by atoms with Crippen LogP contribution in [-0.2, 0) is 0 Å². The molecule has 2 nitrogen and oxygen atoms in total. The second-order valence-corrected chi connectivity index (χ2v) is 5.57. The molecule has 0 saturated carbocycles. The summed E-state index contributed by atoms with van der Waals surface area (Å²) in [6.45, 7) is 19.3. The molecule has 0 aliphatic carbocycles. The van der Waals surface area contributed by atoms with Crippen molar-refractivity contribution < 1.29 is 0 Å². The van der Waals surface area contributed by atoms with Gasteiger partial charge in [0.05, 0.1) is 0 Å². The molecule has 0 aliphatic rings. The summed E-state index contributed by atoms with van der Waals surface area (Å²) in [6.07, 6.45) is 0. The quantitative estimate of drug-likeness (QED) is 0.731. The Balaban J connectivity index is 3.94. The molecular weight excluding hydrogens is 184 g/mol. The minimum atomic E-state index is 0.350. The zero-order valence-corrected chi connectivity index (χ0v) is 11.7. The molecule has 0 heterocycles. The maximum atomic E-state index is 3.63. The van der Waals surface area contributed by atoms with Crippen molar-refractivity contribution in [2.75, 3.05) is 19.6 Å². The SMILES string of the molecule is CCN(CC)C(C)CNC(C)C(C)(C)C. The lowest BCUT2D eigenvalue weighted by Gasteiger charge is -2.32. The molecule has 0 radical (unpaired) electrons. The van der Waals surface area contributed by atoms with Gasteiger partial charge in [-0.25, -0.2) is 0 Å². The number of hydrogen-bond donors (Lipinski definition) is 1. The van der Waals surface area contributed by atoms with Gasteiger partial charge in [0.2, 0.25) is 0 Å². The molecular formula is C13H30N2. The van der Waals surface area contributed by atoms with E-state index in [1.807, 2.05) is 0 Å². The monoisotopic (exact) mass is 214 g/mol. The van der Waals surface area contributed by atoms with Gasteiger partial charge < -0.3 is 5.32 Å². The van der Waals surface area contributed by atoms with Gasteiger partial charge >= 0.3 is 0 Å². The Labute approximate surface area is 96.4 Å². The summed E-state index contributed by atoms with van der Waals surface area (Å²) in [7, 11) is 0. The van der Waals surface area contributed by atoms with E-state index in [4.69, 9.17) is 0 Å². The average Bonchev–Trinajstić information content (AvgIpc) is 2.14. The fourth-order valence-electron chi connectivity index (χ4n) is 1.63. The Hall–Kier alpha value is -0.0800. The summed E-state index contributed by atoms with van der Waals surface area (Å²) in [5.41, 5.74) is 0.350. The maximum absolute atomic E-state index is 3.63. The van der Waals surface area contributed by atoms with Gasteiger partial charge in [-0.15, -0.1) is 0 Å². The maximum Gasteiger partial charge on any atom is 0.0192 e. The van der Waals surface area contributed by atoms with Crippen molar-refractivity contribution in [3.05, 3.63) is 0 Å². The van der Waals surface area contributed by atoms with E-state index in [2.05, 4.69) is 58.7 Å². The van der Waals surface area contributed by atoms with Crippen molar-refractivity contribution in [3.8, 4) is 0 Å². The molecule has 0 fully saturated rings. The third-order valence-corrected chi connectivity index (χ3v) is 3.45. The standard InChI is InChI=1S/C13H30N2/c1-8-15(9-2)11(3)10-14-12(4)13(5,6)7/h11-12,14H,8-10H2,1-7H3. The average molecular weight is 214 g/mol. The van der Waals surface area contributed by atoms with Crippen LogP contribution in [-0.4, -0.2) is 36.6 Å². The molecule has 2 heteroatoms. The van der Waals surface area contributed by atoms with Crippen molar-refractivity contribution in [3.63, 3.8) is 0 Å². The number of nitrogens with one attached hydrogen (secondary N) is 1. The van der Waals surface area contributed by atoms with E-state index in [0.717, 1.165) is 19.6 Å². The van der Waals surface area contributed by atoms with Gasteiger partial charge in [0.25, 0.3) is 0 Å². The summed E-state index contributed by atoms with van der Waals surface area (Å²) in [5.74, 6) is 0. The van der Waals surface area contributed by atoms with Crippen molar-refractivity contribution >= 4 is 0 Å². The summed E-state index contributed by atoms with van der Waals surface area (Å²) < 4.78 is 0. The van der Waals surface area contributed by atoms with E-state index in [1.54, 1.807) is 0 Å². The molecule has 0 rings (SSSR count). The van der Waals surface area contributed by atoms with Crippen LogP contribution in [0.4, 0.5) is 0 Å². The zero-order chi connectivity index (χ0) is 12.1. The van der Waals surface area contributed by atoms with E-state index < -0.39 is 0 Å². The van der Waals surface area contributed by atoms with Gasteiger partial charge in [-0.05, 0) is 32.4 Å². The number of likely N-dealkylation sites (N-methyl/N-ethyl adjacent to an activating group) is 1. The topological polar surface area (TPSA) is 15.3 Å². The Morgan fingerprint density at radius 2 is 1.53 bits per heavy atom. The third kappa shape index (κ3) is 5.53. The normalized spacial score (nSPS) is 16.8. The molecule has 0 aromatic rings. The lowest BCUT2D eigenvalue weighted by molar-refractivity contribution is 0.203. The molecule has 15 heavy (non-hydrogen) atoms. The van der Waals surface area contributed by atoms with Gasteiger partial charge in [0.15, 0.2) is 0 Å². The first kappa shape index (κ1) is 14.9. The molecule has 92 valence electrons. The van der Waals surface area contributed by atoms with Crippen LogP contribution in [0, 0.1) is 5.41 Å². The Morgan fingerprint density at radius 3 is 1.87 bits per heavy atom. The molecule has 2 atom stereocenters. The van der Waals surface area contributed by atoms with Gasteiger partial charge in [0, 0.05) is 18.6 Å². The van der Waals surface area contributed by atoms with Crippen molar-refractivity contribution in [2.24, 2.45) is 5.41 Å². The molecule has 0 aliphatic heterocycles. The number of rotatable bonds is 6. The van der Waals surface area contributed by atoms with Gasteiger partial charge in [-0.1, -0.05) is 34.6 Å². The van der Waals surface area contributed by atoms with Crippen LogP contribution in [0.2, 0.25) is 0 Å². The Kier molecular flexibility index (Phi) is 6.46. The number of nitrogens with zero attached hydrogens (tertiary/aromatic N) is 1. The first-order valence-electron chi connectivity index (χ1n) is 6.30. The van der Waals surface area contributed by atoms with Crippen molar-refractivity contribution in [1.29, 1.82) is 0 Å². The van der Waals surface area contributed by atoms with Crippen molar-refractivity contribution in [2.45, 2.75) is 60.5 Å². The molecule has 0 saturated heterocycles. The molecule has 0 bridgehead atoms. The van der Waals surface area contributed by atoms with Crippen LogP contribution in [0.25, 0.3) is 0 Å². The molecule has 0 aromatic heterocycles. The van der Waals surface area contributed by atoms with Gasteiger partial charge in [-0.3, -0.25) is 4.90 Å². The minimum absolute atomic E-state index is 0.350. The Bertz CT molecular complexity index is 156.